The number of pyridine rings is 1. The van der Waals surface area contributed by atoms with Gasteiger partial charge in [0.2, 0.25) is 0 Å². The van der Waals surface area contributed by atoms with Crippen molar-refractivity contribution < 1.29 is 10.2 Å². The van der Waals surface area contributed by atoms with E-state index < -0.39 is 12.2 Å². The third kappa shape index (κ3) is 2.95. The fourth-order valence-electron chi connectivity index (χ4n) is 1.12. The standard InChI is InChI=1S/C9H12BrNO2S/c10-9-6(2-1-4-11-9)8(13)7(12)3-5-14/h1-2,4,7-8,12-14H,3,5H2. The zero-order chi connectivity index (χ0) is 10.6. The number of thiol groups is 1. The summed E-state index contributed by atoms with van der Waals surface area (Å²) in [5, 5.41) is 19.3. The van der Waals surface area contributed by atoms with E-state index in [0.717, 1.165) is 0 Å². The molecule has 0 aliphatic rings. The van der Waals surface area contributed by atoms with Gasteiger partial charge in [-0.2, -0.15) is 12.6 Å². The molecule has 78 valence electrons. The average molecular weight is 278 g/mol. The average Bonchev–Trinajstić information content (AvgIpc) is 2.18. The second-order valence-corrected chi connectivity index (χ2v) is 4.11. The summed E-state index contributed by atoms with van der Waals surface area (Å²) in [5.41, 5.74) is 0.599. The van der Waals surface area contributed by atoms with Crippen LogP contribution >= 0.6 is 28.6 Å². The van der Waals surface area contributed by atoms with Crippen molar-refractivity contribution in [1.29, 1.82) is 0 Å². The first-order chi connectivity index (χ1) is 6.66. The maximum atomic E-state index is 9.75. The topological polar surface area (TPSA) is 53.4 Å². The molecule has 14 heavy (non-hydrogen) atoms. The Bertz CT molecular complexity index is 298. The third-order valence-corrected chi connectivity index (χ3v) is 2.82. The lowest BCUT2D eigenvalue weighted by molar-refractivity contribution is 0.0166. The highest BCUT2D eigenvalue weighted by Crippen LogP contribution is 2.24. The SMILES string of the molecule is OC(CCS)C(O)c1cccnc1Br. The van der Waals surface area contributed by atoms with Gasteiger partial charge in [0, 0.05) is 11.8 Å². The van der Waals surface area contributed by atoms with Crippen LogP contribution in [-0.4, -0.2) is 27.1 Å². The molecular formula is C9H12BrNO2S. The maximum Gasteiger partial charge on any atom is 0.111 e. The van der Waals surface area contributed by atoms with Crippen molar-refractivity contribution >= 4 is 28.6 Å². The maximum absolute atomic E-state index is 9.75. The van der Waals surface area contributed by atoms with Crippen molar-refractivity contribution in [2.45, 2.75) is 18.6 Å². The summed E-state index contributed by atoms with van der Waals surface area (Å²) in [6.45, 7) is 0. The number of hydrogen-bond acceptors (Lipinski definition) is 4. The molecule has 1 rings (SSSR count). The van der Waals surface area contributed by atoms with E-state index in [1.807, 2.05) is 0 Å². The molecule has 1 heterocycles. The largest absolute Gasteiger partial charge is 0.390 e. The molecule has 1 aromatic rings. The molecule has 0 radical (unpaired) electrons. The van der Waals surface area contributed by atoms with Crippen molar-refractivity contribution in [1.82, 2.24) is 4.98 Å². The molecule has 2 unspecified atom stereocenters. The van der Waals surface area contributed by atoms with Crippen molar-refractivity contribution in [3.8, 4) is 0 Å². The molecule has 0 aliphatic carbocycles. The van der Waals surface area contributed by atoms with Gasteiger partial charge in [-0.15, -0.1) is 0 Å². The molecule has 0 spiro atoms. The predicted octanol–water partition coefficient (Wildman–Crippen LogP) is 1.56. The van der Waals surface area contributed by atoms with E-state index >= 15 is 0 Å². The van der Waals surface area contributed by atoms with Gasteiger partial charge in [0.15, 0.2) is 0 Å². The van der Waals surface area contributed by atoms with Gasteiger partial charge in [0.05, 0.1) is 6.10 Å². The summed E-state index contributed by atoms with van der Waals surface area (Å²) >= 11 is 7.21. The second-order valence-electron chi connectivity index (χ2n) is 2.91. The van der Waals surface area contributed by atoms with Crippen LogP contribution in [-0.2, 0) is 0 Å². The van der Waals surface area contributed by atoms with Crippen LogP contribution in [0.4, 0.5) is 0 Å². The Morgan fingerprint density at radius 2 is 2.21 bits per heavy atom. The van der Waals surface area contributed by atoms with Crippen molar-refractivity contribution in [2.24, 2.45) is 0 Å². The van der Waals surface area contributed by atoms with Crippen LogP contribution in [0.2, 0.25) is 0 Å². The highest BCUT2D eigenvalue weighted by atomic mass is 79.9. The zero-order valence-electron chi connectivity index (χ0n) is 7.47. The molecule has 2 N–H and O–H groups in total. The number of aromatic nitrogens is 1. The Morgan fingerprint density at radius 1 is 1.50 bits per heavy atom. The van der Waals surface area contributed by atoms with E-state index in [9.17, 15) is 10.2 Å². The fraction of sp³-hybridized carbons (Fsp3) is 0.444. The Morgan fingerprint density at radius 3 is 2.79 bits per heavy atom. The van der Waals surface area contributed by atoms with Crippen LogP contribution in [0.5, 0.6) is 0 Å². The van der Waals surface area contributed by atoms with Crippen LogP contribution in [0.3, 0.4) is 0 Å². The minimum Gasteiger partial charge on any atom is -0.390 e. The van der Waals surface area contributed by atoms with E-state index in [-0.39, 0.29) is 0 Å². The van der Waals surface area contributed by atoms with E-state index in [1.165, 1.54) is 0 Å². The number of aliphatic hydroxyl groups excluding tert-OH is 2. The first-order valence-corrected chi connectivity index (χ1v) is 5.66. The van der Waals surface area contributed by atoms with Gasteiger partial charge in [-0.25, -0.2) is 4.98 Å². The molecule has 0 aliphatic heterocycles. The van der Waals surface area contributed by atoms with Gasteiger partial charge in [0.25, 0.3) is 0 Å². The van der Waals surface area contributed by atoms with Crippen LogP contribution < -0.4 is 0 Å². The minimum atomic E-state index is -0.912. The Kier molecular flexibility index (Phi) is 4.88. The summed E-state index contributed by atoms with van der Waals surface area (Å²) in [6, 6.07) is 3.44. The summed E-state index contributed by atoms with van der Waals surface area (Å²) in [5.74, 6) is 0.538. The van der Waals surface area contributed by atoms with Gasteiger partial charge in [-0.1, -0.05) is 6.07 Å². The second kappa shape index (κ2) is 5.70. The predicted molar refractivity (Wildman–Crippen MR) is 61.4 cm³/mol. The summed E-state index contributed by atoms with van der Waals surface area (Å²) in [4.78, 5) is 3.97. The van der Waals surface area contributed by atoms with Crippen molar-refractivity contribution in [2.75, 3.05) is 5.75 Å². The highest BCUT2D eigenvalue weighted by Gasteiger charge is 2.19. The summed E-state index contributed by atoms with van der Waals surface area (Å²) in [6.07, 6.45) is 0.356. The zero-order valence-corrected chi connectivity index (χ0v) is 9.95. The molecule has 0 saturated heterocycles. The minimum absolute atomic E-state index is 0.450. The molecule has 0 bridgehead atoms. The monoisotopic (exact) mass is 277 g/mol. The van der Waals surface area contributed by atoms with Crippen LogP contribution in [0, 0.1) is 0 Å². The first kappa shape index (κ1) is 12.0. The molecule has 3 nitrogen and oxygen atoms in total. The summed E-state index contributed by atoms with van der Waals surface area (Å²) in [7, 11) is 0. The molecule has 1 aromatic heterocycles. The Hall–Kier alpha value is -0.100. The molecular weight excluding hydrogens is 266 g/mol. The first-order valence-electron chi connectivity index (χ1n) is 4.24. The third-order valence-electron chi connectivity index (χ3n) is 1.90. The highest BCUT2D eigenvalue weighted by molar-refractivity contribution is 9.10. The number of hydrogen-bond donors (Lipinski definition) is 3. The van der Waals surface area contributed by atoms with E-state index in [1.54, 1.807) is 18.3 Å². The van der Waals surface area contributed by atoms with Crippen LogP contribution in [0.15, 0.2) is 22.9 Å². The Labute approximate surface area is 96.7 Å². The molecule has 5 heteroatoms. The summed E-state index contributed by atoms with van der Waals surface area (Å²) < 4.78 is 0.561. The molecule has 0 amide bonds. The van der Waals surface area contributed by atoms with Gasteiger partial charge in [-0.3, -0.25) is 0 Å². The molecule has 2 atom stereocenters. The van der Waals surface area contributed by atoms with Gasteiger partial charge in [-0.05, 0) is 34.2 Å². The van der Waals surface area contributed by atoms with Gasteiger partial charge >= 0.3 is 0 Å². The quantitative estimate of drug-likeness (QED) is 0.578. The molecule has 0 aromatic carbocycles. The Balaban J connectivity index is 2.78. The normalized spacial score (nSPS) is 15.1. The number of aliphatic hydroxyl groups is 2. The lowest BCUT2D eigenvalue weighted by atomic mass is 10.1. The fourth-order valence-corrected chi connectivity index (χ4v) is 1.87. The van der Waals surface area contributed by atoms with E-state index in [2.05, 4.69) is 33.5 Å². The lowest BCUT2D eigenvalue weighted by Crippen LogP contribution is -2.19. The van der Waals surface area contributed by atoms with E-state index in [0.29, 0.717) is 22.3 Å². The number of nitrogens with zero attached hydrogens (tertiary/aromatic N) is 1. The van der Waals surface area contributed by atoms with Gasteiger partial charge in [0.1, 0.15) is 10.7 Å². The lowest BCUT2D eigenvalue weighted by Gasteiger charge is -2.17. The molecule has 0 fully saturated rings. The smallest absolute Gasteiger partial charge is 0.111 e. The number of halogens is 1. The van der Waals surface area contributed by atoms with Gasteiger partial charge < -0.3 is 10.2 Å². The van der Waals surface area contributed by atoms with E-state index in [4.69, 9.17) is 0 Å². The number of rotatable bonds is 4. The van der Waals surface area contributed by atoms with Crippen molar-refractivity contribution in [3.63, 3.8) is 0 Å². The van der Waals surface area contributed by atoms with Crippen LogP contribution in [0.25, 0.3) is 0 Å². The molecule has 0 saturated carbocycles. The van der Waals surface area contributed by atoms with Crippen LogP contribution in [0.1, 0.15) is 18.1 Å². The van der Waals surface area contributed by atoms with Crippen molar-refractivity contribution in [3.05, 3.63) is 28.5 Å².